The van der Waals surface area contributed by atoms with Crippen molar-refractivity contribution in [3.05, 3.63) is 32.4 Å². The lowest BCUT2D eigenvalue weighted by atomic mass is 10.1. The second kappa shape index (κ2) is 3.57. The van der Waals surface area contributed by atoms with Gasteiger partial charge in [0.05, 0.1) is 0 Å². The Morgan fingerprint density at radius 1 is 1.00 bits per heavy atom. The van der Waals surface area contributed by atoms with Crippen LogP contribution in [0.2, 0.25) is 0 Å². The molecule has 0 saturated heterocycles. The van der Waals surface area contributed by atoms with Gasteiger partial charge in [0, 0.05) is 11.1 Å². The average molecular weight is 261 g/mol. The number of hydrogen-bond acceptors (Lipinski definition) is 0. The average Bonchev–Trinajstić information content (AvgIpc) is 1.85. The van der Waals surface area contributed by atoms with E-state index in [1.807, 2.05) is 0 Å². The first-order valence-electron chi connectivity index (χ1n) is 3.72. The third kappa shape index (κ3) is 1.95. The Balaban J connectivity index is 3.25. The SMILES string of the molecule is C[I+]c1c(C)cc(C)cc1C. The van der Waals surface area contributed by atoms with Gasteiger partial charge < -0.3 is 0 Å². The minimum Gasteiger partial charge on any atom is -0.0519 e. The van der Waals surface area contributed by atoms with Gasteiger partial charge in [0.2, 0.25) is 0 Å². The third-order valence-corrected chi connectivity index (χ3v) is 4.55. The number of rotatable bonds is 1. The topological polar surface area (TPSA) is 0 Å². The molecule has 11 heavy (non-hydrogen) atoms. The second-order valence-electron chi connectivity index (χ2n) is 2.90. The van der Waals surface area contributed by atoms with E-state index in [4.69, 9.17) is 0 Å². The number of benzene rings is 1. The van der Waals surface area contributed by atoms with E-state index in [0.29, 0.717) is 0 Å². The van der Waals surface area contributed by atoms with Crippen LogP contribution in [0.5, 0.6) is 0 Å². The molecule has 0 saturated carbocycles. The monoisotopic (exact) mass is 261 g/mol. The number of hydrogen-bond donors (Lipinski definition) is 0. The van der Waals surface area contributed by atoms with Gasteiger partial charge in [0.25, 0.3) is 0 Å². The molecule has 0 aliphatic heterocycles. The quantitative estimate of drug-likeness (QED) is 0.472. The largest absolute Gasteiger partial charge is 0.310 e. The zero-order chi connectivity index (χ0) is 8.43. The van der Waals surface area contributed by atoms with E-state index in [2.05, 4.69) is 37.8 Å². The molecule has 60 valence electrons. The van der Waals surface area contributed by atoms with Gasteiger partial charge in [-0.25, -0.2) is 0 Å². The molecule has 0 radical (unpaired) electrons. The molecule has 0 aromatic heterocycles. The summed E-state index contributed by atoms with van der Waals surface area (Å²) in [6.07, 6.45) is 0. The molecule has 0 amide bonds. The van der Waals surface area contributed by atoms with Crippen LogP contribution in [-0.4, -0.2) is 4.93 Å². The molecular weight excluding hydrogens is 247 g/mol. The molecule has 1 heteroatoms. The van der Waals surface area contributed by atoms with Crippen molar-refractivity contribution < 1.29 is 21.2 Å². The highest BCUT2D eigenvalue weighted by atomic mass is 127. The summed E-state index contributed by atoms with van der Waals surface area (Å²) >= 11 is 0.253. The van der Waals surface area contributed by atoms with Gasteiger partial charge in [-0.3, -0.25) is 0 Å². The van der Waals surface area contributed by atoms with Crippen LogP contribution in [0.15, 0.2) is 12.1 Å². The van der Waals surface area contributed by atoms with Crippen LogP contribution in [0.4, 0.5) is 0 Å². The zero-order valence-corrected chi connectivity index (χ0v) is 9.69. The van der Waals surface area contributed by atoms with Crippen LogP contribution in [0, 0.1) is 24.3 Å². The molecule has 0 nitrogen and oxygen atoms in total. The van der Waals surface area contributed by atoms with Gasteiger partial charge in [-0.1, -0.05) is 17.7 Å². The first-order chi connectivity index (χ1) is 5.15. The molecule has 1 rings (SSSR count). The lowest BCUT2D eigenvalue weighted by molar-refractivity contribution is -0.598. The summed E-state index contributed by atoms with van der Waals surface area (Å²) in [5, 5.41) is 0. The Kier molecular flexibility index (Phi) is 2.93. The van der Waals surface area contributed by atoms with E-state index in [1.54, 1.807) is 3.57 Å². The van der Waals surface area contributed by atoms with Gasteiger partial charge in [-0.15, -0.1) is 0 Å². The summed E-state index contributed by atoms with van der Waals surface area (Å²) in [6.45, 7) is 6.61. The fraction of sp³-hybridized carbons (Fsp3) is 0.400. The van der Waals surface area contributed by atoms with Crippen molar-refractivity contribution in [1.29, 1.82) is 0 Å². The first-order valence-corrected chi connectivity index (χ1v) is 6.96. The highest BCUT2D eigenvalue weighted by Crippen LogP contribution is 2.07. The highest BCUT2D eigenvalue weighted by Gasteiger charge is 2.12. The first kappa shape index (κ1) is 9.04. The molecule has 0 unspecified atom stereocenters. The summed E-state index contributed by atoms with van der Waals surface area (Å²) in [7, 11) is 0. The molecule has 0 aliphatic carbocycles. The van der Waals surface area contributed by atoms with Crippen LogP contribution in [-0.2, 0) is 0 Å². The van der Waals surface area contributed by atoms with Crippen LogP contribution < -0.4 is 21.2 Å². The van der Waals surface area contributed by atoms with Crippen molar-refractivity contribution in [2.75, 3.05) is 4.93 Å². The lowest BCUT2D eigenvalue weighted by Crippen LogP contribution is -3.60. The Morgan fingerprint density at radius 3 is 1.82 bits per heavy atom. The molecule has 0 N–H and O–H groups in total. The maximum absolute atomic E-state index is 2.32. The fourth-order valence-electron chi connectivity index (χ4n) is 1.46. The van der Waals surface area contributed by atoms with Crippen molar-refractivity contribution in [3.63, 3.8) is 0 Å². The summed E-state index contributed by atoms with van der Waals surface area (Å²) in [5.41, 5.74) is 4.36. The zero-order valence-electron chi connectivity index (χ0n) is 7.53. The molecule has 0 bridgehead atoms. The summed E-state index contributed by atoms with van der Waals surface area (Å²) in [5.74, 6) is 0. The molecular formula is C10H14I+. The summed E-state index contributed by atoms with van der Waals surface area (Å²) in [6, 6.07) is 4.57. The van der Waals surface area contributed by atoms with Gasteiger partial charge in [0.15, 0.2) is 3.57 Å². The van der Waals surface area contributed by atoms with E-state index in [1.165, 1.54) is 16.7 Å². The normalized spacial score (nSPS) is 10.2. The van der Waals surface area contributed by atoms with Crippen LogP contribution >= 0.6 is 0 Å². The third-order valence-electron chi connectivity index (χ3n) is 1.77. The van der Waals surface area contributed by atoms with E-state index in [-0.39, 0.29) is 21.2 Å². The van der Waals surface area contributed by atoms with Gasteiger partial charge in [0.1, 0.15) is 4.93 Å². The maximum Gasteiger partial charge on any atom is 0.310 e. The van der Waals surface area contributed by atoms with Gasteiger partial charge >= 0.3 is 21.2 Å². The van der Waals surface area contributed by atoms with Crippen LogP contribution in [0.3, 0.4) is 0 Å². The molecule has 1 aromatic carbocycles. The second-order valence-corrected chi connectivity index (χ2v) is 5.06. The summed E-state index contributed by atoms with van der Waals surface area (Å²) < 4.78 is 1.62. The van der Waals surface area contributed by atoms with Crippen molar-refractivity contribution in [2.24, 2.45) is 0 Å². The van der Waals surface area contributed by atoms with E-state index in [0.717, 1.165) is 0 Å². The Hall–Kier alpha value is -0.0500. The Morgan fingerprint density at radius 2 is 1.45 bits per heavy atom. The minimum atomic E-state index is 0.253. The molecule has 0 atom stereocenters. The van der Waals surface area contributed by atoms with Crippen molar-refractivity contribution >= 4 is 0 Å². The minimum absolute atomic E-state index is 0.253. The highest BCUT2D eigenvalue weighted by molar-refractivity contribution is 5.26. The smallest absolute Gasteiger partial charge is 0.0519 e. The van der Waals surface area contributed by atoms with E-state index in [9.17, 15) is 0 Å². The predicted octanol–water partition coefficient (Wildman–Crippen LogP) is -0.500. The maximum atomic E-state index is 2.32. The van der Waals surface area contributed by atoms with Crippen molar-refractivity contribution in [2.45, 2.75) is 20.8 Å². The molecule has 0 heterocycles. The molecule has 0 fully saturated rings. The van der Waals surface area contributed by atoms with Gasteiger partial charge in [-0.2, -0.15) is 0 Å². The number of halogens is 1. The summed E-state index contributed by atoms with van der Waals surface area (Å²) in [4.78, 5) is 2.32. The molecule has 0 aliphatic rings. The van der Waals surface area contributed by atoms with Gasteiger partial charge in [-0.05, 0) is 20.8 Å². The van der Waals surface area contributed by atoms with Crippen LogP contribution in [0.25, 0.3) is 0 Å². The van der Waals surface area contributed by atoms with E-state index >= 15 is 0 Å². The Labute approximate surface area is 79.3 Å². The number of aryl methyl sites for hydroxylation is 3. The lowest BCUT2D eigenvalue weighted by Gasteiger charge is -1.99. The predicted molar refractivity (Wildman–Crippen MR) is 45.3 cm³/mol. The molecule has 1 aromatic rings. The van der Waals surface area contributed by atoms with Crippen LogP contribution in [0.1, 0.15) is 16.7 Å². The Bertz CT molecular complexity index is 241. The van der Waals surface area contributed by atoms with Crippen molar-refractivity contribution in [3.8, 4) is 0 Å². The molecule has 0 spiro atoms. The standard InChI is InChI=1S/C10H14I/c1-7-5-8(2)10(11-4)9(3)6-7/h5-6H,1-4H3/q+1. The van der Waals surface area contributed by atoms with Crippen molar-refractivity contribution in [1.82, 2.24) is 0 Å². The number of alkyl halides is 1. The fourth-order valence-corrected chi connectivity index (χ4v) is 3.47. The van der Waals surface area contributed by atoms with E-state index < -0.39 is 0 Å².